The summed E-state index contributed by atoms with van der Waals surface area (Å²) < 4.78 is 0. The van der Waals surface area contributed by atoms with Crippen LogP contribution in [0.2, 0.25) is 0 Å². The van der Waals surface area contributed by atoms with Crippen molar-refractivity contribution in [1.82, 2.24) is 0 Å². The van der Waals surface area contributed by atoms with Gasteiger partial charge in [0.05, 0.1) is 5.92 Å². The molecule has 0 radical (unpaired) electrons. The second kappa shape index (κ2) is 6.03. The predicted molar refractivity (Wildman–Crippen MR) is 75.9 cm³/mol. The Morgan fingerprint density at radius 3 is 2.72 bits per heavy atom. The first-order valence-electron chi connectivity index (χ1n) is 7.13. The lowest BCUT2D eigenvalue weighted by molar-refractivity contribution is -0.117. The van der Waals surface area contributed by atoms with Crippen LogP contribution in [0.5, 0.6) is 0 Å². The molecule has 1 atom stereocenters. The van der Waals surface area contributed by atoms with E-state index < -0.39 is 0 Å². The van der Waals surface area contributed by atoms with Crippen molar-refractivity contribution < 1.29 is 4.79 Å². The fraction of sp³-hybridized carbons (Fsp3) is 0.562. The summed E-state index contributed by atoms with van der Waals surface area (Å²) in [4.78, 5) is 12.0. The lowest BCUT2D eigenvalue weighted by Crippen LogP contribution is -2.11. The number of anilines is 1. The Kier molecular flexibility index (Phi) is 4.40. The van der Waals surface area contributed by atoms with Gasteiger partial charge in [-0.05, 0) is 25.0 Å². The number of benzene rings is 1. The van der Waals surface area contributed by atoms with Gasteiger partial charge in [0.25, 0.3) is 0 Å². The molecule has 1 aliphatic rings. The quantitative estimate of drug-likeness (QED) is 0.740. The SMILES string of the molecule is CCCCCCCC1C(=O)Nc2ccc(C)cc21. The predicted octanol–water partition coefficient (Wildman–Crippen LogP) is 4.39. The molecule has 1 aliphatic heterocycles. The third kappa shape index (κ3) is 2.92. The van der Waals surface area contributed by atoms with Gasteiger partial charge in [-0.15, -0.1) is 0 Å². The Morgan fingerprint density at radius 1 is 1.17 bits per heavy atom. The van der Waals surface area contributed by atoms with E-state index in [-0.39, 0.29) is 11.8 Å². The molecule has 1 N–H and O–H groups in total. The van der Waals surface area contributed by atoms with Crippen molar-refractivity contribution in [2.45, 2.75) is 58.3 Å². The zero-order valence-corrected chi connectivity index (χ0v) is 11.5. The van der Waals surface area contributed by atoms with Crippen molar-refractivity contribution in [3.8, 4) is 0 Å². The average molecular weight is 245 g/mol. The minimum absolute atomic E-state index is 0.0847. The van der Waals surface area contributed by atoms with Crippen LogP contribution >= 0.6 is 0 Å². The summed E-state index contributed by atoms with van der Waals surface area (Å²) in [6, 6.07) is 6.24. The van der Waals surface area contributed by atoms with Gasteiger partial charge in [-0.25, -0.2) is 0 Å². The highest BCUT2D eigenvalue weighted by Gasteiger charge is 2.29. The zero-order valence-electron chi connectivity index (χ0n) is 11.5. The molecular weight excluding hydrogens is 222 g/mol. The first kappa shape index (κ1) is 13.1. The van der Waals surface area contributed by atoms with Gasteiger partial charge in [0.1, 0.15) is 0 Å². The van der Waals surface area contributed by atoms with E-state index >= 15 is 0 Å². The molecular formula is C16H23NO. The molecule has 1 aromatic rings. The topological polar surface area (TPSA) is 29.1 Å². The van der Waals surface area contributed by atoms with Crippen LogP contribution < -0.4 is 5.32 Å². The van der Waals surface area contributed by atoms with Gasteiger partial charge < -0.3 is 5.32 Å². The van der Waals surface area contributed by atoms with Gasteiger partial charge >= 0.3 is 0 Å². The monoisotopic (exact) mass is 245 g/mol. The van der Waals surface area contributed by atoms with Crippen molar-refractivity contribution in [3.05, 3.63) is 29.3 Å². The van der Waals surface area contributed by atoms with Crippen molar-refractivity contribution in [1.29, 1.82) is 0 Å². The number of rotatable bonds is 6. The summed E-state index contributed by atoms with van der Waals surface area (Å²) in [6.07, 6.45) is 7.28. The van der Waals surface area contributed by atoms with Crippen molar-refractivity contribution >= 4 is 11.6 Å². The minimum Gasteiger partial charge on any atom is -0.325 e. The smallest absolute Gasteiger partial charge is 0.232 e. The Hall–Kier alpha value is -1.31. The van der Waals surface area contributed by atoms with Crippen molar-refractivity contribution in [3.63, 3.8) is 0 Å². The second-order valence-corrected chi connectivity index (χ2v) is 5.34. The molecule has 0 spiro atoms. The Labute approximate surface area is 110 Å². The maximum absolute atomic E-state index is 12.0. The van der Waals surface area contributed by atoms with Gasteiger partial charge in [-0.1, -0.05) is 56.7 Å². The number of aryl methyl sites for hydroxylation is 1. The lowest BCUT2D eigenvalue weighted by Gasteiger charge is -2.09. The van der Waals surface area contributed by atoms with E-state index in [4.69, 9.17) is 0 Å². The molecule has 1 unspecified atom stereocenters. The van der Waals surface area contributed by atoms with E-state index in [9.17, 15) is 4.79 Å². The highest BCUT2D eigenvalue weighted by molar-refractivity contribution is 6.02. The molecule has 0 bridgehead atoms. The molecule has 2 rings (SSSR count). The number of hydrogen-bond donors (Lipinski definition) is 1. The first-order valence-corrected chi connectivity index (χ1v) is 7.13. The van der Waals surface area contributed by atoms with Crippen molar-refractivity contribution in [2.75, 3.05) is 5.32 Å². The molecule has 1 heterocycles. The summed E-state index contributed by atoms with van der Waals surface area (Å²) in [6.45, 7) is 4.31. The zero-order chi connectivity index (χ0) is 13.0. The fourth-order valence-electron chi connectivity index (χ4n) is 2.68. The maximum atomic E-state index is 12.0. The van der Waals surface area contributed by atoms with E-state index in [1.807, 2.05) is 6.07 Å². The van der Waals surface area contributed by atoms with Crippen LogP contribution in [-0.4, -0.2) is 5.91 Å². The first-order chi connectivity index (χ1) is 8.72. The third-order valence-electron chi connectivity index (χ3n) is 3.75. The van der Waals surface area contributed by atoms with E-state index in [1.165, 1.54) is 36.8 Å². The van der Waals surface area contributed by atoms with Gasteiger partial charge in [0, 0.05) is 5.69 Å². The molecule has 1 aromatic carbocycles. The molecule has 2 heteroatoms. The number of unbranched alkanes of at least 4 members (excludes halogenated alkanes) is 4. The van der Waals surface area contributed by atoms with E-state index in [0.717, 1.165) is 18.5 Å². The molecule has 0 saturated carbocycles. The Bertz CT molecular complexity index is 425. The Balaban J connectivity index is 1.93. The average Bonchev–Trinajstić information content (AvgIpc) is 2.65. The minimum atomic E-state index is 0.0847. The van der Waals surface area contributed by atoms with Crippen LogP contribution in [0.1, 0.15) is 62.5 Å². The van der Waals surface area contributed by atoms with E-state index in [2.05, 4.69) is 31.3 Å². The maximum Gasteiger partial charge on any atom is 0.232 e. The molecule has 0 saturated heterocycles. The van der Waals surface area contributed by atoms with Gasteiger partial charge in [0.2, 0.25) is 5.91 Å². The molecule has 1 amide bonds. The van der Waals surface area contributed by atoms with Gasteiger partial charge in [-0.2, -0.15) is 0 Å². The number of nitrogens with one attached hydrogen (secondary N) is 1. The number of carbonyl (C=O) groups is 1. The van der Waals surface area contributed by atoms with Crippen LogP contribution in [0.3, 0.4) is 0 Å². The van der Waals surface area contributed by atoms with Crippen LogP contribution in [0, 0.1) is 6.92 Å². The molecule has 2 nitrogen and oxygen atoms in total. The number of amides is 1. The van der Waals surface area contributed by atoms with E-state index in [1.54, 1.807) is 0 Å². The summed E-state index contributed by atoms with van der Waals surface area (Å²) in [5, 5.41) is 2.99. The summed E-state index contributed by atoms with van der Waals surface area (Å²) in [5.74, 6) is 0.271. The summed E-state index contributed by atoms with van der Waals surface area (Å²) in [5.41, 5.74) is 3.46. The second-order valence-electron chi connectivity index (χ2n) is 5.34. The number of carbonyl (C=O) groups excluding carboxylic acids is 1. The van der Waals surface area contributed by atoms with Crippen LogP contribution in [-0.2, 0) is 4.79 Å². The lowest BCUT2D eigenvalue weighted by atomic mass is 9.93. The third-order valence-corrected chi connectivity index (χ3v) is 3.75. The van der Waals surface area contributed by atoms with Crippen LogP contribution in [0.15, 0.2) is 18.2 Å². The molecule has 0 aromatic heterocycles. The van der Waals surface area contributed by atoms with Gasteiger partial charge in [0.15, 0.2) is 0 Å². The molecule has 0 aliphatic carbocycles. The molecule has 98 valence electrons. The van der Waals surface area contributed by atoms with Gasteiger partial charge in [-0.3, -0.25) is 4.79 Å². The number of hydrogen-bond acceptors (Lipinski definition) is 1. The highest BCUT2D eigenvalue weighted by Crippen LogP contribution is 2.36. The summed E-state index contributed by atoms with van der Waals surface area (Å²) in [7, 11) is 0. The molecule has 18 heavy (non-hydrogen) atoms. The van der Waals surface area contributed by atoms with Crippen molar-refractivity contribution in [2.24, 2.45) is 0 Å². The van der Waals surface area contributed by atoms with Crippen LogP contribution in [0.4, 0.5) is 5.69 Å². The van der Waals surface area contributed by atoms with Crippen LogP contribution in [0.25, 0.3) is 0 Å². The fourth-order valence-corrected chi connectivity index (χ4v) is 2.68. The summed E-state index contributed by atoms with van der Waals surface area (Å²) >= 11 is 0. The Morgan fingerprint density at radius 2 is 1.94 bits per heavy atom. The normalized spacial score (nSPS) is 17.7. The standard InChI is InChI=1S/C16H23NO/c1-3-4-5-6-7-8-13-14-11-12(2)9-10-15(14)17-16(13)18/h9-11,13H,3-8H2,1-2H3,(H,17,18). The number of fused-ring (bicyclic) bond motifs is 1. The largest absolute Gasteiger partial charge is 0.325 e. The van der Waals surface area contributed by atoms with E-state index in [0.29, 0.717) is 0 Å². The highest BCUT2D eigenvalue weighted by atomic mass is 16.2. The molecule has 0 fully saturated rings.